The summed E-state index contributed by atoms with van der Waals surface area (Å²) in [6.45, 7) is 0.314. The number of carbonyl (C=O) groups is 2. The predicted molar refractivity (Wildman–Crippen MR) is 149 cm³/mol. The Morgan fingerprint density at radius 3 is 2.61 bits per heavy atom. The van der Waals surface area contributed by atoms with Crippen molar-refractivity contribution in [1.82, 2.24) is 29.8 Å². The Kier molecular flexibility index (Phi) is 7.59. The van der Waals surface area contributed by atoms with E-state index in [0.717, 1.165) is 23.8 Å². The number of aromatic nitrogens is 4. The molecule has 1 atom stereocenters. The topological polar surface area (TPSA) is 123 Å². The summed E-state index contributed by atoms with van der Waals surface area (Å²) in [4.78, 5) is 36.3. The van der Waals surface area contributed by atoms with E-state index >= 15 is 0 Å². The molecule has 2 N–H and O–H groups in total. The molecule has 2 amide bonds. The second-order valence-corrected chi connectivity index (χ2v) is 9.79. The number of para-hydroxylation sites is 1. The first-order valence-corrected chi connectivity index (χ1v) is 13.4. The maximum atomic E-state index is 14.2. The molecule has 11 nitrogen and oxygen atoms in total. The molecule has 44 heavy (non-hydrogen) atoms. The molecule has 0 bridgehead atoms. The van der Waals surface area contributed by atoms with Crippen LogP contribution < -0.4 is 15.4 Å². The van der Waals surface area contributed by atoms with E-state index in [1.54, 1.807) is 24.3 Å². The number of ether oxygens (including phenoxy) is 2. The molecule has 226 valence electrons. The van der Waals surface area contributed by atoms with Crippen LogP contribution in [0.4, 0.5) is 28.3 Å². The maximum Gasteiger partial charge on any atom is 0.573 e. The molecule has 15 heteroatoms. The van der Waals surface area contributed by atoms with Gasteiger partial charge in [-0.1, -0.05) is 42.5 Å². The molecule has 0 unspecified atom stereocenters. The molecular formula is C29H23F4N7O4. The summed E-state index contributed by atoms with van der Waals surface area (Å²) in [6, 6.07) is 17.4. The predicted octanol–water partition coefficient (Wildman–Crippen LogP) is 4.53. The van der Waals surface area contributed by atoms with E-state index in [1.165, 1.54) is 9.42 Å². The van der Waals surface area contributed by atoms with Gasteiger partial charge in [0.2, 0.25) is 11.9 Å². The monoisotopic (exact) mass is 609 g/mol. The van der Waals surface area contributed by atoms with E-state index < -0.39 is 36.0 Å². The molecule has 1 aliphatic heterocycles. The molecule has 1 aliphatic rings. The minimum absolute atomic E-state index is 0.00629. The van der Waals surface area contributed by atoms with Gasteiger partial charge in [-0.3, -0.25) is 4.79 Å². The molecule has 0 radical (unpaired) electrons. The average molecular weight is 610 g/mol. The van der Waals surface area contributed by atoms with Gasteiger partial charge in [-0.15, -0.1) is 18.3 Å². The van der Waals surface area contributed by atoms with Gasteiger partial charge in [0, 0.05) is 18.5 Å². The lowest BCUT2D eigenvalue weighted by molar-refractivity contribution is -0.274. The molecule has 3 heterocycles. The highest BCUT2D eigenvalue weighted by atomic mass is 19.4. The van der Waals surface area contributed by atoms with E-state index in [2.05, 4.69) is 30.4 Å². The largest absolute Gasteiger partial charge is 0.573 e. The number of hydrogen-bond donors (Lipinski definition) is 2. The number of carbonyl (C=O) groups excluding carboxylic acids is 2. The van der Waals surface area contributed by atoms with Crippen molar-refractivity contribution in [1.29, 1.82) is 0 Å². The van der Waals surface area contributed by atoms with Crippen LogP contribution in [0.15, 0.2) is 72.8 Å². The quantitative estimate of drug-likeness (QED) is 0.269. The van der Waals surface area contributed by atoms with Crippen molar-refractivity contribution in [3.8, 4) is 17.1 Å². The summed E-state index contributed by atoms with van der Waals surface area (Å²) in [7, 11) is 0. The Bertz CT molecular complexity index is 1850. The number of nitrogens with one attached hydrogen (secondary N) is 2. The summed E-state index contributed by atoms with van der Waals surface area (Å²) < 4.78 is 64.3. The van der Waals surface area contributed by atoms with Gasteiger partial charge in [0.1, 0.15) is 24.2 Å². The van der Waals surface area contributed by atoms with Crippen LogP contribution in [0.3, 0.4) is 0 Å². The average Bonchev–Trinajstić information content (AvgIpc) is 3.37. The Hall–Kier alpha value is -5.47. The Balaban J connectivity index is 1.34. The molecule has 0 aliphatic carbocycles. The first kappa shape index (κ1) is 28.6. The fraction of sp³-hybridized carbons (Fsp3) is 0.207. The molecule has 0 saturated carbocycles. The third-order valence-corrected chi connectivity index (χ3v) is 6.75. The lowest BCUT2D eigenvalue weighted by Crippen LogP contribution is -2.44. The molecule has 3 aromatic carbocycles. The van der Waals surface area contributed by atoms with Gasteiger partial charge in [-0.05, 0) is 35.9 Å². The van der Waals surface area contributed by atoms with Crippen LogP contribution in [-0.2, 0) is 16.1 Å². The molecule has 0 spiro atoms. The van der Waals surface area contributed by atoms with Gasteiger partial charge in [-0.25, -0.2) is 19.2 Å². The van der Waals surface area contributed by atoms with Crippen LogP contribution in [0.5, 0.6) is 5.75 Å². The molecule has 6 rings (SSSR count). The van der Waals surface area contributed by atoms with Crippen molar-refractivity contribution >= 4 is 34.5 Å². The van der Waals surface area contributed by atoms with Gasteiger partial charge < -0.3 is 25.0 Å². The molecule has 1 saturated heterocycles. The number of benzene rings is 3. The van der Waals surface area contributed by atoms with E-state index in [4.69, 9.17) is 4.74 Å². The third kappa shape index (κ3) is 6.16. The second kappa shape index (κ2) is 11.7. The number of amides is 2. The van der Waals surface area contributed by atoms with Crippen LogP contribution in [0.1, 0.15) is 5.56 Å². The first-order chi connectivity index (χ1) is 21.1. The summed E-state index contributed by atoms with van der Waals surface area (Å²) >= 11 is 0. The minimum Gasteiger partial charge on any atom is -0.445 e. The fourth-order valence-corrected chi connectivity index (χ4v) is 4.73. The number of alkyl halides is 3. The zero-order valence-corrected chi connectivity index (χ0v) is 22.7. The van der Waals surface area contributed by atoms with Crippen LogP contribution >= 0.6 is 0 Å². The zero-order chi connectivity index (χ0) is 30.8. The summed E-state index contributed by atoms with van der Waals surface area (Å²) in [5.41, 5.74) is 1.05. The first-order valence-electron chi connectivity index (χ1n) is 13.4. The highest BCUT2D eigenvalue weighted by Crippen LogP contribution is 2.34. The van der Waals surface area contributed by atoms with Crippen molar-refractivity contribution < 1.29 is 36.6 Å². The minimum atomic E-state index is -5.05. The van der Waals surface area contributed by atoms with Crippen molar-refractivity contribution in [2.24, 2.45) is 0 Å². The number of nitrogens with zero attached hydrogens (tertiary/aromatic N) is 5. The van der Waals surface area contributed by atoms with Crippen LogP contribution in [0.2, 0.25) is 0 Å². The van der Waals surface area contributed by atoms with E-state index in [-0.39, 0.29) is 49.2 Å². The standard InChI is InChI=1S/C29H23F4N7O4/c30-18-10-11-23(44-29(31,32)33)20(14-18)24-37-25-19-8-4-5-9-21(19)35-27(40(25)38-24)36-22-15-39(13-12-34-26(22)41)28(42)43-16-17-6-2-1-3-7-17/h1-11,14,22H,12-13,15-16H2,(H,34,41)(H,35,36)/t22-/m1/s1. The number of fused-ring (bicyclic) bond motifs is 3. The summed E-state index contributed by atoms with van der Waals surface area (Å²) in [6.07, 6.45) is -5.67. The highest BCUT2D eigenvalue weighted by Gasteiger charge is 2.33. The number of halogens is 4. The van der Waals surface area contributed by atoms with Gasteiger partial charge in [0.25, 0.3) is 0 Å². The Morgan fingerprint density at radius 1 is 1.05 bits per heavy atom. The smallest absolute Gasteiger partial charge is 0.445 e. The van der Waals surface area contributed by atoms with Crippen molar-refractivity contribution in [3.05, 3.63) is 84.2 Å². The van der Waals surface area contributed by atoms with Crippen LogP contribution in [0, 0.1) is 5.82 Å². The van der Waals surface area contributed by atoms with Crippen molar-refractivity contribution in [2.75, 3.05) is 25.0 Å². The third-order valence-electron chi connectivity index (χ3n) is 6.75. The summed E-state index contributed by atoms with van der Waals surface area (Å²) in [5.74, 6) is -2.23. The van der Waals surface area contributed by atoms with Gasteiger partial charge in [-0.2, -0.15) is 4.52 Å². The lowest BCUT2D eigenvalue weighted by Gasteiger charge is -2.23. The molecule has 5 aromatic rings. The number of rotatable bonds is 6. The van der Waals surface area contributed by atoms with Crippen molar-refractivity contribution in [2.45, 2.75) is 19.0 Å². The fourth-order valence-electron chi connectivity index (χ4n) is 4.73. The SMILES string of the molecule is O=C1NCCN(C(=O)OCc2ccccc2)C[C@H]1Nc1nc2ccccc2c2nc(-c3cc(F)ccc3OC(F)(F)F)nn12. The second-order valence-electron chi connectivity index (χ2n) is 9.79. The number of anilines is 1. The van der Waals surface area contributed by atoms with Crippen LogP contribution in [-0.4, -0.2) is 68.5 Å². The molecular weight excluding hydrogens is 586 g/mol. The van der Waals surface area contributed by atoms with E-state index in [0.29, 0.717) is 10.9 Å². The van der Waals surface area contributed by atoms with Gasteiger partial charge in [0.05, 0.1) is 17.6 Å². The Morgan fingerprint density at radius 2 is 1.82 bits per heavy atom. The lowest BCUT2D eigenvalue weighted by atomic mass is 10.2. The molecule has 2 aromatic heterocycles. The van der Waals surface area contributed by atoms with E-state index in [1.807, 2.05) is 30.3 Å². The zero-order valence-electron chi connectivity index (χ0n) is 22.7. The molecule has 1 fully saturated rings. The summed E-state index contributed by atoms with van der Waals surface area (Å²) in [5, 5.41) is 10.5. The maximum absolute atomic E-state index is 14.2. The van der Waals surface area contributed by atoms with Gasteiger partial charge >= 0.3 is 12.5 Å². The van der Waals surface area contributed by atoms with Crippen LogP contribution in [0.25, 0.3) is 27.9 Å². The highest BCUT2D eigenvalue weighted by molar-refractivity contribution is 5.93. The van der Waals surface area contributed by atoms with E-state index in [9.17, 15) is 27.2 Å². The van der Waals surface area contributed by atoms with Crippen molar-refractivity contribution in [3.63, 3.8) is 0 Å². The normalized spacial score (nSPS) is 15.6. The number of hydrogen-bond acceptors (Lipinski definition) is 8. The van der Waals surface area contributed by atoms with Gasteiger partial charge in [0.15, 0.2) is 11.5 Å². The Labute approximate surface area is 246 Å².